The first-order valence-corrected chi connectivity index (χ1v) is 5.72. The molecule has 0 radical (unpaired) electrons. The van der Waals surface area contributed by atoms with Crippen molar-refractivity contribution in [1.29, 1.82) is 0 Å². The average molecular weight is 233 g/mol. The Bertz CT molecular complexity index is 477. The van der Waals surface area contributed by atoms with Crippen LogP contribution in [0.5, 0.6) is 5.75 Å². The molecule has 2 heterocycles. The number of ether oxygens (including phenoxy) is 1. The number of imidazole rings is 1. The SMILES string of the molecule is CC.COc1cc(C)cnc1-n1cnc(C)c1. The number of rotatable bonds is 2. The van der Waals surface area contributed by atoms with Gasteiger partial charge in [-0.15, -0.1) is 0 Å². The first kappa shape index (κ1) is 13.2. The molecule has 2 rings (SSSR count). The summed E-state index contributed by atoms with van der Waals surface area (Å²) in [6.07, 6.45) is 5.46. The lowest BCUT2D eigenvalue weighted by atomic mass is 10.3. The van der Waals surface area contributed by atoms with Crippen molar-refractivity contribution in [2.24, 2.45) is 0 Å². The van der Waals surface area contributed by atoms with E-state index in [9.17, 15) is 0 Å². The third-order valence-corrected chi connectivity index (χ3v) is 2.15. The second kappa shape index (κ2) is 6.03. The molecule has 2 aromatic heterocycles. The molecular formula is C13H19N3O. The van der Waals surface area contributed by atoms with Crippen molar-refractivity contribution in [3.05, 3.63) is 36.0 Å². The summed E-state index contributed by atoms with van der Waals surface area (Å²) < 4.78 is 7.13. The summed E-state index contributed by atoms with van der Waals surface area (Å²) in [7, 11) is 1.64. The molecule has 0 aliphatic heterocycles. The summed E-state index contributed by atoms with van der Waals surface area (Å²) in [6, 6.07) is 1.96. The van der Waals surface area contributed by atoms with Crippen molar-refractivity contribution in [2.45, 2.75) is 27.7 Å². The van der Waals surface area contributed by atoms with Crippen LogP contribution in [0.4, 0.5) is 0 Å². The van der Waals surface area contributed by atoms with Crippen molar-refractivity contribution in [1.82, 2.24) is 14.5 Å². The van der Waals surface area contributed by atoms with Crippen LogP contribution in [-0.2, 0) is 0 Å². The Morgan fingerprint density at radius 3 is 2.41 bits per heavy atom. The zero-order valence-electron chi connectivity index (χ0n) is 11.1. The lowest BCUT2D eigenvalue weighted by molar-refractivity contribution is 0.410. The number of aromatic nitrogens is 3. The predicted molar refractivity (Wildman–Crippen MR) is 68.7 cm³/mol. The van der Waals surface area contributed by atoms with E-state index in [0.717, 1.165) is 22.8 Å². The van der Waals surface area contributed by atoms with E-state index < -0.39 is 0 Å². The highest BCUT2D eigenvalue weighted by atomic mass is 16.5. The molecule has 0 unspecified atom stereocenters. The van der Waals surface area contributed by atoms with Gasteiger partial charge in [-0.05, 0) is 25.5 Å². The fourth-order valence-corrected chi connectivity index (χ4v) is 1.42. The molecule has 0 amide bonds. The molecule has 0 fully saturated rings. The zero-order chi connectivity index (χ0) is 12.8. The molecule has 0 aliphatic carbocycles. The fourth-order valence-electron chi connectivity index (χ4n) is 1.42. The largest absolute Gasteiger partial charge is 0.493 e. The summed E-state index contributed by atoms with van der Waals surface area (Å²) in [6.45, 7) is 7.93. The molecule has 2 aromatic rings. The first-order valence-electron chi connectivity index (χ1n) is 5.72. The summed E-state index contributed by atoms with van der Waals surface area (Å²) in [5.41, 5.74) is 2.03. The van der Waals surface area contributed by atoms with Gasteiger partial charge in [-0.3, -0.25) is 4.57 Å². The van der Waals surface area contributed by atoms with Gasteiger partial charge in [0.2, 0.25) is 0 Å². The minimum Gasteiger partial charge on any atom is -0.493 e. The number of pyridine rings is 1. The Kier molecular flexibility index (Phi) is 4.69. The van der Waals surface area contributed by atoms with Crippen LogP contribution in [0.3, 0.4) is 0 Å². The van der Waals surface area contributed by atoms with E-state index in [0.29, 0.717) is 0 Å². The Morgan fingerprint density at radius 1 is 1.18 bits per heavy atom. The van der Waals surface area contributed by atoms with Crippen molar-refractivity contribution in [2.75, 3.05) is 7.11 Å². The standard InChI is InChI=1S/C11H13N3O.C2H6/c1-8-4-10(15-3)11(12-5-8)14-6-9(2)13-7-14;1-2/h4-7H,1-3H3;1-2H3. The highest BCUT2D eigenvalue weighted by Crippen LogP contribution is 2.21. The maximum absolute atomic E-state index is 5.28. The summed E-state index contributed by atoms with van der Waals surface area (Å²) >= 11 is 0. The molecule has 0 aliphatic rings. The molecule has 0 N–H and O–H groups in total. The molecule has 92 valence electrons. The van der Waals surface area contributed by atoms with Gasteiger partial charge in [0, 0.05) is 12.4 Å². The van der Waals surface area contributed by atoms with Gasteiger partial charge in [-0.2, -0.15) is 0 Å². The van der Waals surface area contributed by atoms with Gasteiger partial charge in [-0.25, -0.2) is 9.97 Å². The summed E-state index contributed by atoms with van der Waals surface area (Å²) in [5.74, 6) is 1.52. The fraction of sp³-hybridized carbons (Fsp3) is 0.385. The van der Waals surface area contributed by atoms with Crippen molar-refractivity contribution < 1.29 is 4.74 Å². The number of hydrogen-bond donors (Lipinski definition) is 0. The third-order valence-electron chi connectivity index (χ3n) is 2.15. The quantitative estimate of drug-likeness (QED) is 0.800. The molecule has 4 heteroatoms. The molecular weight excluding hydrogens is 214 g/mol. The van der Waals surface area contributed by atoms with E-state index in [1.807, 2.05) is 50.7 Å². The van der Waals surface area contributed by atoms with Gasteiger partial charge in [0.05, 0.1) is 12.8 Å². The number of hydrogen-bond acceptors (Lipinski definition) is 3. The van der Waals surface area contributed by atoms with E-state index >= 15 is 0 Å². The predicted octanol–water partition coefficient (Wildman–Crippen LogP) is 2.92. The highest BCUT2D eigenvalue weighted by molar-refractivity contribution is 5.42. The van der Waals surface area contributed by atoms with Gasteiger partial charge in [0.1, 0.15) is 6.33 Å². The van der Waals surface area contributed by atoms with Crippen LogP contribution < -0.4 is 4.74 Å². The van der Waals surface area contributed by atoms with E-state index in [4.69, 9.17) is 4.74 Å². The Balaban J connectivity index is 0.000000686. The minimum absolute atomic E-state index is 0.757. The van der Waals surface area contributed by atoms with Crippen LogP contribution in [0, 0.1) is 13.8 Å². The number of nitrogens with zero attached hydrogens (tertiary/aromatic N) is 3. The van der Waals surface area contributed by atoms with E-state index in [1.165, 1.54) is 0 Å². The maximum atomic E-state index is 5.28. The van der Waals surface area contributed by atoms with E-state index in [2.05, 4.69) is 9.97 Å². The zero-order valence-corrected chi connectivity index (χ0v) is 11.1. The van der Waals surface area contributed by atoms with Gasteiger partial charge in [-0.1, -0.05) is 13.8 Å². The van der Waals surface area contributed by atoms with E-state index in [1.54, 1.807) is 13.4 Å². The van der Waals surface area contributed by atoms with Crippen LogP contribution in [-0.4, -0.2) is 21.6 Å². The maximum Gasteiger partial charge on any atom is 0.180 e. The molecule has 0 bridgehead atoms. The first-order chi connectivity index (χ1) is 8.20. The smallest absolute Gasteiger partial charge is 0.180 e. The van der Waals surface area contributed by atoms with Crippen LogP contribution in [0.1, 0.15) is 25.1 Å². The molecule has 0 spiro atoms. The second-order valence-corrected chi connectivity index (χ2v) is 3.46. The van der Waals surface area contributed by atoms with Crippen molar-refractivity contribution >= 4 is 0 Å². The molecule has 0 aromatic carbocycles. The van der Waals surface area contributed by atoms with Crippen LogP contribution in [0.25, 0.3) is 5.82 Å². The Morgan fingerprint density at radius 2 is 1.88 bits per heavy atom. The Labute approximate surface area is 102 Å². The van der Waals surface area contributed by atoms with Crippen LogP contribution in [0.15, 0.2) is 24.8 Å². The van der Waals surface area contributed by atoms with Crippen molar-refractivity contribution in [3.63, 3.8) is 0 Å². The van der Waals surface area contributed by atoms with Gasteiger partial charge in [0.25, 0.3) is 0 Å². The summed E-state index contributed by atoms with van der Waals surface area (Å²) in [5, 5.41) is 0. The van der Waals surface area contributed by atoms with Crippen molar-refractivity contribution in [3.8, 4) is 11.6 Å². The summed E-state index contributed by atoms with van der Waals surface area (Å²) in [4.78, 5) is 8.49. The van der Waals surface area contributed by atoms with Crippen LogP contribution >= 0.6 is 0 Å². The molecule has 0 saturated heterocycles. The van der Waals surface area contributed by atoms with E-state index in [-0.39, 0.29) is 0 Å². The van der Waals surface area contributed by atoms with Gasteiger partial charge >= 0.3 is 0 Å². The number of aryl methyl sites for hydroxylation is 2. The lowest BCUT2D eigenvalue weighted by Gasteiger charge is -2.08. The topological polar surface area (TPSA) is 39.9 Å². The molecule has 17 heavy (non-hydrogen) atoms. The monoisotopic (exact) mass is 233 g/mol. The van der Waals surface area contributed by atoms with Crippen LogP contribution in [0.2, 0.25) is 0 Å². The minimum atomic E-state index is 0.757. The molecule has 0 saturated carbocycles. The highest BCUT2D eigenvalue weighted by Gasteiger charge is 2.07. The normalized spacial score (nSPS) is 9.47. The second-order valence-electron chi connectivity index (χ2n) is 3.46. The molecule has 4 nitrogen and oxygen atoms in total. The third kappa shape index (κ3) is 3.06. The number of methoxy groups -OCH3 is 1. The Hall–Kier alpha value is -1.84. The lowest BCUT2D eigenvalue weighted by Crippen LogP contribution is -1.99. The average Bonchev–Trinajstić information content (AvgIpc) is 2.78. The van der Waals surface area contributed by atoms with Gasteiger partial charge in [0.15, 0.2) is 11.6 Å². The molecule has 0 atom stereocenters. The van der Waals surface area contributed by atoms with Gasteiger partial charge < -0.3 is 4.74 Å².